The summed E-state index contributed by atoms with van der Waals surface area (Å²) in [5, 5.41) is 8.97. The van der Waals surface area contributed by atoms with Crippen molar-refractivity contribution >= 4 is 38.7 Å². The molecule has 0 radical (unpaired) electrons. The molecule has 0 spiro atoms. The maximum Gasteiger partial charge on any atom is 0.255 e. The molecule has 0 aliphatic carbocycles. The third kappa shape index (κ3) is 2.39. The van der Waals surface area contributed by atoms with Crippen molar-refractivity contribution in [3.63, 3.8) is 0 Å². The maximum absolute atomic E-state index is 12.1. The van der Waals surface area contributed by atoms with Crippen LogP contribution in [-0.4, -0.2) is 20.5 Å². The van der Waals surface area contributed by atoms with Gasteiger partial charge in [-0.25, -0.2) is 4.52 Å². The number of carbonyl (C=O) groups is 1. The Morgan fingerprint density at radius 2 is 2.37 bits per heavy atom. The van der Waals surface area contributed by atoms with Crippen molar-refractivity contribution in [1.29, 1.82) is 0 Å². The zero-order valence-corrected chi connectivity index (χ0v) is 12.1. The summed E-state index contributed by atoms with van der Waals surface area (Å²) in [6, 6.07) is 1.96. The standard InChI is InChI=1S/C12H9BrN4OS/c13-9-1-4-19-11(9)7-15-12(18)8-5-16-17-3-2-14-6-10(8)17/h1-6H,7H2,(H,15,18). The number of nitrogens with zero attached hydrogens (tertiary/aromatic N) is 3. The first-order valence-corrected chi connectivity index (χ1v) is 7.20. The van der Waals surface area contributed by atoms with Crippen molar-refractivity contribution in [1.82, 2.24) is 19.9 Å². The fourth-order valence-electron chi connectivity index (χ4n) is 1.72. The van der Waals surface area contributed by atoms with Crippen LogP contribution in [-0.2, 0) is 6.54 Å². The van der Waals surface area contributed by atoms with E-state index in [-0.39, 0.29) is 5.91 Å². The first-order valence-electron chi connectivity index (χ1n) is 5.53. The second-order valence-corrected chi connectivity index (χ2v) is 5.69. The van der Waals surface area contributed by atoms with Crippen LogP contribution in [0.5, 0.6) is 0 Å². The molecule has 0 bridgehead atoms. The third-order valence-electron chi connectivity index (χ3n) is 2.67. The van der Waals surface area contributed by atoms with Crippen molar-refractivity contribution in [3.05, 3.63) is 51.1 Å². The maximum atomic E-state index is 12.1. The summed E-state index contributed by atoms with van der Waals surface area (Å²) in [5.41, 5.74) is 1.23. The molecular formula is C12H9BrN4OS. The van der Waals surface area contributed by atoms with Crippen molar-refractivity contribution in [3.8, 4) is 0 Å². The normalized spacial score (nSPS) is 10.8. The second-order valence-electron chi connectivity index (χ2n) is 3.84. The molecule has 0 unspecified atom stereocenters. The van der Waals surface area contributed by atoms with Gasteiger partial charge in [0.2, 0.25) is 0 Å². The molecule has 0 aromatic carbocycles. The monoisotopic (exact) mass is 336 g/mol. The molecule has 3 aromatic rings. The lowest BCUT2D eigenvalue weighted by Gasteiger charge is -2.02. The molecule has 3 aromatic heterocycles. The van der Waals surface area contributed by atoms with Crippen LogP contribution in [0, 0.1) is 0 Å². The van der Waals surface area contributed by atoms with E-state index in [9.17, 15) is 4.79 Å². The summed E-state index contributed by atoms with van der Waals surface area (Å²) in [6.07, 6.45) is 6.52. The molecule has 96 valence electrons. The average Bonchev–Trinajstić information content (AvgIpc) is 3.02. The molecule has 0 saturated carbocycles. The molecule has 0 atom stereocenters. The summed E-state index contributed by atoms with van der Waals surface area (Å²) >= 11 is 5.04. The number of halogens is 1. The Bertz CT molecular complexity index is 736. The van der Waals surface area contributed by atoms with Gasteiger partial charge in [0.25, 0.3) is 5.91 Å². The highest BCUT2D eigenvalue weighted by Gasteiger charge is 2.13. The molecule has 0 fully saturated rings. The fourth-order valence-corrected chi connectivity index (χ4v) is 3.15. The topological polar surface area (TPSA) is 59.3 Å². The minimum absolute atomic E-state index is 0.150. The van der Waals surface area contributed by atoms with E-state index in [2.05, 4.69) is 31.3 Å². The van der Waals surface area contributed by atoms with E-state index in [1.54, 1.807) is 40.6 Å². The number of rotatable bonds is 3. The zero-order chi connectivity index (χ0) is 13.2. The number of aromatic nitrogens is 3. The van der Waals surface area contributed by atoms with Gasteiger partial charge < -0.3 is 5.32 Å². The van der Waals surface area contributed by atoms with E-state index in [4.69, 9.17) is 0 Å². The molecule has 3 heterocycles. The van der Waals surface area contributed by atoms with E-state index < -0.39 is 0 Å². The number of carbonyl (C=O) groups excluding carboxylic acids is 1. The number of nitrogens with one attached hydrogen (secondary N) is 1. The smallest absolute Gasteiger partial charge is 0.255 e. The van der Waals surface area contributed by atoms with E-state index in [1.807, 2.05) is 11.4 Å². The van der Waals surface area contributed by atoms with Crippen LogP contribution < -0.4 is 5.32 Å². The van der Waals surface area contributed by atoms with Crippen molar-refractivity contribution in [2.24, 2.45) is 0 Å². The predicted molar refractivity (Wildman–Crippen MR) is 76.2 cm³/mol. The van der Waals surface area contributed by atoms with Gasteiger partial charge in [0.15, 0.2) is 0 Å². The van der Waals surface area contributed by atoms with Crippen LogP contribution in [0.2, 0.25) is 0 Å². The van der Waals surface area contributed by atoms with Gasteiger partial charge in [-0.05, 0) is 27.4 Å². The number of amides is 1. The Hall–Kier alpha value is -1.73. The van der Waals surface area contributed by atoms with Gasteiger partial charge in [0.1, 0.15) is 0 Å². The molecular weight excluding hydrogens is 328 g/mol. The quantitative estimate of drug-likeness (QED) is 0.799. The van der Waals surface area contributed by atoms with Gasteiger partial charge in [-0.15, -0.1) is 11.3 Å². The van der Waals surface area contributed by atoms with Gasteiger partial charge in [-0.2, -0.15) is 5.10 Å². The molecule has 7 heteroatoms. The summed E-state index contributed by atoms with van der Waals surface area (Å²) in [5.74, 6) is -0.150. The van der Waals surface area contributed by atoms with Crippen LogP contribution in [0.1, 0.15) is 15.2 Å². The number of hydrogen-bond donors (Lipinski definition) is 1. The minimum atomic E-state index is -0.150. The van der Waals surface area contributed by atoms with Crippen molar-refractivity contribution in [2.45, 2.75) is 6.54 Å². The number of fused-ring (bicyclic) bond motifs is 1. The van der Waals surface area contributed by atoms with E-state index in [1.165, 1.54) is 0 Å². The van der Waals surface area contributed by atoms with E-state index >= 15 is 0 Å². The predicted octanol–water partition coefficient (Wildman–Crippen LogP) is 2.48. The Balaban J connectivity index is 1.79. The second kappa shape index (κ2) is 5.10. The SMILES string of the molecule is O=C(NCc1sccc1Br)c1cnn2ccncc12. The highest BCUT2D eigenvalue weighted by molar-refractivity contribution is 9.10. The highest BCUT2D eigenvalue weighted by atomic mass is 79.9. The van der Waals surface area contributed by atoms with E-state index in [0.717, 1.165) is 9.35 Å². The molecule has 1 amide bonds. The molecule has 3 rings (SSSR count). The first kappa shape index (κ1) is 12.3. The summed E-state index contributed by atoms with van der Waals surface area (Å²) < 4.78 is 2.64. The average molecular weight is 337 g/mol. The van der Waals surface area contributed by atoms with Crippen molar-refractivity contribution in [2.75, 3.05) is 0 Å². The largest absolute Gasteiger partial charge is 0.347 e. The molecule has 0 saturated heterocycles. The van der Waals surface area contributed by atoms with Gasteiger partial charge in [-0.3, -0.25) is 9.78 Å². The Labute approximate surface area is 121 Å². The fraction of sp³-hybridized carbons (Fsp3) is 0.0833. The molecule has 1 N–H and O–H groups in total. The number of hydrogen-bond acceptors (Lipinski definition) is 4. The van der Waals surface area contributed by atoms with Crippen molar-refractivity contribution < 1.29 is 4.79 Å². The van der Waals surface area contributed by atoms with Crippen LogP contribution in [0.3, 0.4) is 0 Å². The summed E-state index contributed by atoms with van der Waals surface area (Å²) in [7, 11) is 0. The zero-order valence-electron chi connectivity index (χ0n) is 9.71. The lowest BCUT2D eigenvalue weighted by Crippen LogP contribution is -2.22. The molecule has 0 aliphatic heterocycles. The molecule has 0 aliphatic rings. The Morgan fingerprint density at radius 3 is 3.16 bits per heavy atom. The summed E-state index contributed by atoms with van der Waals surface area (Å²) in [4.78, 5) is 17.2. The van der Waals surface area contributed by atoms with Gasteiger partial charge in [-0.1, -0.05) is 0 Å². The van der Waals surface area contributed by atoms with Gasteiger partial charge in [0.05, 0.1) is 30.0 Å². The minimum Gasteiger partial charge on any atom is -0.347 e. The van der Waals surface area contributed by atoms with E-state index in [0.29, 0.717) is 17.6 Å². The Morgan fingerprint density at radius 1 is 1.47 bits per heavy atom. The van der Waals surface area contributed by atoms with Crippen LogP contribution in [0.4, 0.5) is 0 Å². The number of thiophene rings is 1. The summed E-state index contributed by atoms with van der Waals surface area (Å²) in [6.45, 7) is 0.495. The Kier molecular flexibility index (Phi) is 3.31. The highest BCUT2D eigenvalue weighted by Crippen LogP contribution is 2.22. The lowest BCUT2D eigenvalue weighted by atomic mass is 10.3. The first-order chi connectivity index (χ1) is 9.25. The van der Waals surface area contributed by atoms with Crippen LogP contribution in [0.25, 0.3) is 5.52 Å². The van der Waals surface area contributed by atoms with Gasteiger partial charge in [0, 0.05) is 21.7 Å². The molecule has 5 nitrogen and oxygen atoms in total. The van der Waals surface area contributed by atoms with Gasteiger partial charge >= 0.3 is 0 Å². The lowest BCUT2D eigenvalue weighted by molar-refractivity contribution is 0.0953. The van der Waals surface area contributed by atoms with Crippen LogP contribution >= 0.6 is 27.3 Å². The third-order valence-corrected chi connectivity index (χ3v) is 4.60. The van der Waals surface area contributed by atoms with Crippen LogP contribution in [0.15, 0.2) is 40.7 Å². The molecule has 19 heavy (non-hydrogen) atoms.